The number of ether oxygens (including phenoxy) is 1. The minimum absolute atomic E-state index is 0.156. The number of hydrogen-bond acceptors (Lipinski definition) is 6. The third-order valence-corrected chi connectivity index (χ3v) is 3.87. The number of aryl methyl sites for hydroxylation is 1. The average Bonchev–Trinajstić information content (AvgIpc) is 2.92. The molecule has 0 aromatic carbocycles. The first-order valence-corrected chi connectivity index (χ1v) is 7.66. The van der Waals surface area contributed by atoms with Crippen molar-refractivity contribution in [2.75, 3.05) is 25.0 Å². The van der Waals surface area contributed by atoms with Gasteiger partial charge in [0.25, 0.3) is 0 Å². The molecule has 1 saturated heterocycles. The van der Waals surface area contributed by atoms with Crippen molar-refractivity contribution >= 4 is 17.8 Å². The molecule has 1 fully saturated rings. The second-order valence-corrected chi connectivity index (χ2v) is 5.58. The van der Waals surface area contributed by atoms with Gasteiger partial charge in [0.05, 0.1) is 24.3 Å². The highest BCUT2D eigenvalue weighted by Crippen LogP contribution is 2.20. The van der Waals surface area contributed by atoms with E-state index in [2.05, 4.69) is 10.5 Å². The lowest BCUT2D eigenvalue weighted by Crippen LogP contribution is -2.48. The van der Waals surface area contributed by atoms with Crippen molar-refractivity contribution < 1.29 is 18.8 Å². The summed E-state index contributed by atoms with van der Waals surface area (Å²) in [5.74, 6) is -0.156. The van der Waals surface area contributed by atoms with Gasteiger partial charge >= 0.3 is 5.97 Å². The Morgan fingerprint density at radius 1 is 1.59 bits per heavy atom. The molecular formula is C15H23N3O4. The largest absolute Gasteiger partial charge is 0.466 e. The molecule has 1 N–H and O–H groups in total. The van der Waals surface area contributed by atoms with Gasteiger partial charge in [-0.1, -0.05) is 5.16 Å². The molecule has 2 atom stereocenters. The van der Waals surface area contributed by atoms with E-state index in [4.69, 9.17) is 9.26 Å². The predicted molar refractivity (Wildman–Crippen MR) is 80.3 cm³/mol. The smallest absolute Gasteiger partial charge is 0.310 e. The van der Waals surface area contributed by atoms with Crippen LogP contribution in [0.2, 0.25) is 0 Å². The van der Waals surface area contributed by atoms with Gasteiger partial charge in [0.1, 0.15) is 0 Å². The fourth-order valence-electron chi connectivity index (χ4n) is 2.62. The molecule has 7 nitrogen and oxygen atoms in total. The van der Waals surface area contributed by atoms with Gasteiger partial charge in [-0.25, -0.2) is 0 Å². The molecule has 1 amide bonds. The Morgan fingerprint density at radius 2 is 2.36 bits per heavy atom. The molecule has 1 aliphatic rings. The van der Waals surface area contributed by atoms with E-state index in [0.717, 1.165) is 19.4 Å². The Balaban J connectivity index is 1.91. The fraction of sp³-hybridized carbons (Fsp3) is 0.667. The number of rotatable bonds is 5. The fourth-order valence-corrected chi connectivity index (χ4v) is 2.62. The molecule has 0 aliphatic carbocycles. The van der Waals surface area contributed by atoms with Crippen LogP contribution in [0.25, 0.3) is 0 Å². The first kappa shape index (κ1) is 16.5. The SMILES string of the molecule is CCOC(=O)[C@H]1CCCN([C@@H](C)C(=O)Nc2cc(C)no2)C1. The minimum atomic E-state index is -0.345. The van der Waals surface area contributed by atoms with Crippen molar-refractivity contribution in [1.29, 1.82) is 0 Å². The molecule has 1 aromatic rings. The van der Waals surface area contributed by atoms with Crippen LogP contribution in [0.3, 0.4) is 0 Å². The second-order valence-electron chi connectivity index (χ2n) is 5.58. The number of piperidine rings is 1. The van der Waals surface area contributed by atoms with Gasteiger partial charge in [0.15, 0.2) is 0 Å². The standard InChI is InChI=1S/C15H23N3O4/c1-4-21-15(20)12-6-5-7-18(9-12)11(3)14(19)16-13-8-10(2)17-22-13/h8,11-12H,4-7,9H2,1-3H3,(H,16,19)/t11-,12-/m0/s1. The number of nitrogens with zero attached hydrogens (tertiary/aromatic N) is 2. The van der Waals surface area contributed by atoms with Crippen LogP contribution in [0.5, 0.6) is 0 Å². The second kappa shape index (κ2) is 7.40. The zero-order valence-corrected chi connectivity index (χ0v) is 13.3. The van der Waals surface area contributed by atoms with Gasteiger partial charge in [-0.2, -0.15) is 0 Å². The van der Waals surface area contributed by atoms with Gasteiger partial charge in [-0.15, -0.1) is 0 Å². The molecule has 0 spiro atoms. The molecule has 1 aliphatic heterocycles. The summed E-state index contributed by atoms with van der Waals surface area (Å²) in [6.07, 6.45) is 1.69. The van der Waals surface area contributed by atoms with Crippen LogP contribution >= 0.6 is 0 Å². The maximum Gasteiger partial charge on any atom is 0.310 e. The van der Waals surface area contributed by atoms with E-state index in [1.165, 1.54) is 0 Å². The monoisotopic (exact) mass is 309 g/mol. The summed E-state index contributed by atoms with van der Waals surface area (Å²) in [5.41, 5.74) is 0.711. The third-order valence-electron chi connectivity index (χ3n) is 3.87. The first-order valence-electron chi connectivity index (χ1n) is 7.66. The molecule has 2 heterocycles. The van der Waals surface area contributed by atoms with Crippen LogP contribution in [0.15, 0.2) is 10.6 Å². The van der Waals surface area contributed by atoms with Crippen molar-refractivity contribution in [1.82, 2.24) is 10.1 Å². The van der Waals surface area contributed by atoms with Gasteiger partial charge in [-0.05, 0) is 40.2 Å². The summed E-state index contributed by atoms with van der Waals surface area (Å²) in [6.45, 7) is 7.14. The van der Waals surface area contributed by atoms with Crippen molar-refractivity contribution in [2.45, 2.75) is 39.7 Å². The van der Waals surface area contributed by atoms with Crippen LogP contribution in [-0.2, 0) is 14.3 Å². The Kier molecular flexibility index (Phi) is 5.54. The molecule has 122 valence electrons. The maximum absolute atomic E-state index is 12.3. The highest BCUT2D eigenvalue weighted by Gasteiger charge is 2.31. The lowest BCUT2D eigenvalue weighted by atomic mass is 9.97. The minimum Gasteiger partial charge on any atom is -0.466 e. The predicted octanol–water partition coefficient (Wildman–Crippen LogP) is 1.59. The summed E-state index contributed by atoms with van der Waals surface area (Å²) in [6, 6.07) is 1.32. The Morgan fingerprint density at radius 3 is 3.00 bits per heavy atom. The van der Waals surface area contributed by atoms with Crippen LogP contribution in [0.4, 0.5) is 5.88 Å². The van der Waals surface area contributed by atoms with E-state index in [1.807, 2.05) is 11.8 Å². The van der Waals surface area contributed by atoms with E-state index in [-0.39, 0.29) is 23.8 Å². The molecule has 2 rings (SSSR count). The molecule has 0 bridgehead atoms. The summed E-state index contributed by atoms with van der Waals surface area (Å²) in [4.78, 5) is 26.1. The van der Waals surface area contributed by atoms with E-state index < -0.39 is 0 Å². The van der Waals surface area contributed by atoms with Crippen LogP contribution in [-0.4, -0.2) is 47.7 Å². The number of amides is 1. The van der Waals surface area contributed by atoms with Gasteiger partial charge < -0.3 is 9.26 Å². The van der Waals surface area contributed by atoms with Gasteiger partial charge in [0.2, 0.25) is 11.8 Å². The zero-order valence-electron chi connectivity index (χ0n) is 13.3. The van der Waals surface area contributed by atoms with Crippen LogP contribution < -0.4 is 5.32 Å². The van der Waals surface area contributed by atoms with Gasteiger partial charge in [0, 0.05) is 12.6 Å². The Labute approximate surface area is 130 Å². The molecule has 22 heavy (non-hydrogen) atoms. The average molecular weight is 309 g/mol. The van der Waals surface area contributed by atoms with E-state index in [0.29, 0.717) is 24.7 Å². The molecule has 7 heteroatoms. The highest BCUT2D eigenvalue weighted by molar-refractivity contribution is 5.93. The third kappa shape index (κ3) is 4.07. The number of carbonyl (C=O) groups excluding carboxylic acids is 2. The first-order chi connectivity index (χ1) is 10.5. The van der Waals surface area contributed by atoms with E-state index in [1.54, 1.807) is 19.9 Å². The summed E-state index contributed by atoms with van der Waals surface area (Å²) < 4.78 is 10.1. The topological polar surface area (TPSA) is 84.7 Å². The van der Waals surface area contributed by atoms with Crippen molar-refractivity contribution in [3.05, 3.63) is 11.8 Å². The van der Waals surface area contributed by atoms with Crippen molar-refractivity contribution in [2.24, 2.45) is 5.92 Å². The normalized spacial score (nSPS) is 20.4. The van der Waals surface area contributed by atoms with E-state index in [9.17, 15) is 9.59 Å². The number of hydrogen-bond donors (Lipinski definition) is 1. The van der Waals surface area contributed by atoms with Crippen molar-refractivity contribution in [3.63, 3.8) is 0 Å². The summed E-state index contributed by atoms with van der Waals surface area (Å²) >= 11 is 0. The Hall–Kier alpha value is -1.89. The van der Waals surface area contributed by atoms with E-state index >= 15 is 0 Å². The summed E-state index contributed by atoms with van der Waals surface area (Å²) in [7, 11) is 0. The lowest BCUT2D eigenvalue weighted by Gasteiger charge is -2.34. The molecule has 0 radical (unpaired) electrons. The number of nitrogens with one attached hydrogen (secondary N) is 1. The molecule has 1 aromatic heterocycles. The number of esters is 1. The summed E-state index contributed by atoms with van der Waals surface area (Å²) in [5, 5.41) is 6.44. The molecular weight excluding hydrogens is 286 g/mol. The maximum atomic E-state index is 12.3. The number of anilines is 1. The number of carbonyl (C=O) groups is 2. The van der Waals surface area contributed by atoms with Crippen molar-refractivity contribution in [3.8, 4) is 0 Å². The zero-order chi connectivity index (χ0) is 16.1. The quantitative estimate of drug-likeness (QED) is 0.831. The molecule has 0 unspecified atom stereocenters. The molecule has 0 saturated carbocycles. The number of aromatic nitrogens is 1. The number of likely N-dealkylation sites (tertiary alicyclic amines) is 1. The highest BCUT2D eigenvalue weighted by atomic mass is 16.5. The lowest BCUT2D eigenvalue weighted by molar-refractivity contribution is -0.150. The Bertz CT molecular complexity index is 529. The van der Waals surface area contributed by atoms with Crippen LogP contribution in [0, 0.1) is 12.8 Å². The van der Waals surface area contributed by atoms with Gasteiger partial charge in [-0.3, -0.25) is 19.8 Å². The van der Waals surface area contributed by atoms with Crippen LogP contribution in [0.1, 0.15) is 32.4 Å².